The van der Waals surface area contributed by atoms with Crippen LogP contribution in [0.3, 0.4) is 0 Å². The first-order valence-electron chi connectivity index (χ1n) is 8.13. The van der Waals surface area contributed by atoms with Crippen LogP contribution in [0, 0.1) is 0 Å². The number of nitrogens with zero attached hydrogens (tertiary/aromatic N) is 2. The van der Waals surface area contributed by atoms with Gasteiger partial charge >= 0.3 is 0 Å². The Kier molecular flexibility index (Phi) is 4.33. The molecule has 4 aromatic rings. The minimum atomic E-state index is -0.422. The maximum atomic E-state index is 11.1. The molecule has 2 aromatic carbocycles. The number of nitrogens with two attached hydrogens (primary N) is 1. The lowest BCUT2D eigenvalue weighted by Gasteiger charge is -2.07. The van der Waals surface area contributed by atoms with Gasteiger partial charge in [0.2, 0.25) is 5.91 Å². The van der Waals surface area contributed by atoms with Crippen LogP contribution in [0.4, 0.5) is 5.82 Å². The topological polar surface area (TPSA) is 80.9 Å². The zero-order valence-electron chi connectivity index (χ0n) is 13.8. The summed E-state index contributed by atoms with van der Waals surface area (Å²) in [5.74, 6) is 0.376. The lowest BCUT2D eigenvalue weighted by Crippen LogP contribution is -2.10. The number of amides is 1. The van der Waals surface area contributed by atoms with Crippen molar-refractivity contribution in [1.82, 2.24) is 9.97 Å². The fourth-order valence-corrected chi connectivity index (χ4v) is 3.72. The summed E-state index contributed by atoms with van der Waals surface area (Å²) in [6, 6.07) is 19.6. The van der Waals surface area contributed by atoms with Gasteiger partial charge in [0, 0.05) is 17.0 Å². The van der Waals surface area contributed by atoms with E-state index in [9.17, 15) is 4.79 Å². The lowest BCUT2D eigenvalue weighted by molar-refractivity contribution is 0.100. The molecular formula is C20H16N4OS. The van der Waals surface area contributed by atoms with Gasteiger partial charge in [0.1, 0.15) is 17.0 Å². The zero-order chi connectivity index (χ0) is 17.9. The van der Waals surface area contributed by atoms with Crippen LogP contribution >= 0.6 is 11.3 Å². The molecule has 5 nitrogen and oxygen atoms in total. The largest absolute Gasteiger partial charge is 0.366 e. The van der Waals surface area contributed by atoms with Crippen LogP contribution in [0.2, 0.25) is 0 Å². The number of carbonyl (C=O) groups is 1. The molecule has 0 unspecified atom stereocenters. The average molecular weight is 360 g/mol. The Hall–Kier alpha value is -3.25. The summed E-state index contributed by atoms with van der Waals surface area (Å²) in [4.78, 5) is 22.0. The zero-order valence-corrected chi connectivity index (χ0v) is 14.7. The number of nitrogens with one attached hydrogen (secondary N) is 1. The van der Waals surface area contributed by atoms with Gasteiger partial charge in [0.25, 0.3) is 0 Å². The average Bonchev–Trinajstić information content (AvgIpc) is 3.12. The molecule has 0 aliphatic rings. The predicted octanol–water partition coefficient (Wildman–Crippen LogP) is 4.07. The van der Waals surface area contributed by atoms with Gasteiger partial charge < -0.3 is 11.1 Å². The van der Waals surface area contributed by atoms with Gasteiger partial charge in [-0.3, -0.25) is 4.79 Å². The van der Waals surface area contributed by atoms with E-state index in [2.05, 4.69) is 33.5 Å². The van der Waals surface area contributed by atoms with Crippen molar-refractivity contribution >= 4 is 33.3 Å². The lowest BCUT2D eigenvalue weighted by atomic mass is 10.1. The van der Waals surface area contributed by atoms with E-state index in [0.29, 0.717) is 12.1 Å². The fraction of sp³-hybridized carbons (Fsp3) is 0.0500. The summed E-state index contributed by atoms with van der Waals surface area (Å²) >= 11 is 1.65. The van der Waals surface area contributed by atoms with Crippen LogP contribution < -0.4 is 11.1 Å². The highest BCUT2D eigenvalue weighted by molar-refractivity contribution is 7.21. The Morgan fingerprint density at radius 3 is 2.54 bits per heavy atom. The van der Waals surface area contributed by atoms with Gasteiger partial charge in [-0.2, -0.15) is 0 Å². The second-order valence-corrected chi connectivity index (χ2v) is 6.86. The van der Waals surface area contributed by atoms with Gasteiger partial charge in [-0.1, -0.05) is 42.5 Å². The van der Waals surface area contributed by atoms with Crippen molar-refractivity contribution in [2.24, 2.45) is 5.73 Å². The third-order valence-corrected chi connectivity index (χ3v) is 5.18. The first kappa shape index (κ1) is 16.2. The van der Waals surface area contributed by atoms with Crippen LogP contribution in [0.25, 0.3) is 20.7 Å². The Bertz CT molecular complexity index is 1060. The molecule has 0 aliphatic carbocycles. The second kappa shape index (κ2) is 6.93. The van der Waals surface area contributed by atoms with Crippen LogP contribution in [-0.2, 0) is 6.54 Å². The van der Waals surface area contributed by atoms with Crippen LogP contribution in [0.5, 0.6) is 0 Å². The summed E-state index contributed by atoms with van der Waals surface area (Å²) in [6.45, 7) is 0.599. The molecule has 2 aromatic heterocycles. The molecule has 0 saturated carbocycles. The summed E-state index contributed by atoms with van der Waals surface area (Å²) in [7, 11) is 0. The first-order valence-corrected chi connectivity index (χ1v) is 8.95. The number of fused-ring (bicyclic) bond motifs is 1. The first-order chi connectivity index (χ1) is 12.7. The fourth-order valence-electron chi connectivity index (χ4n) is 2.71. The molecule has 0 bridgehead atoms. The second-order valence-electron chi connectivity index (χ2n) is 5.83. The van der Waals surface area contributed by atoms with E-state index in [1.54, 1.807) is 29.8 Å². The van der Waals surface area contributed by atoms with Crippen molar-refractivity contribution < 1.29 is 4.79 Å². The van der Waals surface area contributed by atoms with Gasteiger partial charge in [0.15, 0.2) is 0 Å². The molecule has 4 rings (SSSR count). The van der Waals surface area contributed by atoms with Crippen LogP contribution in [0.1, 0.15) is 15.9 Å². The number of carbonyl (C=O) groups excluding carboxylic acids is 1. The number of thiophene rings is 1. The normalized spacial score (nSPS) is 10.8. The Labute approximate surface area is 154 Å². The smallest absolute Gasteiger partial charge is 0.248 e. The molecule has 2 heterocycles. The Balaban J connectivity index is 1.58. The SMILES string of the molecule is NC(=O)c1ccc(CNc2ncnc3sc(-c4ccccc4)cc23)cc1. The number of aromatic nitrogens is 2. The Morgan fingerprint density at radius 1 is 1.04 bits per heavy atom. The Morgan fingerprint density at radius 2 is 1.81 bits per heavy atom. The standard InChI is InChI=1S/C20H16N4OS/c21-18(25)15-8-6-13(7-9-15)11-22-19-16-10-17(14-4-2-1-3-5-14)26-20(16)24-12-23-19/h1-10,12H,11H2,(H2,21,25)(H,22,23,24). The van der Waals surface area contributed by atoms with Gasteiger partial charge in [-0.25, -0.2) is 9.97 Å². The minimum Gasteiger partial charge on any atom is -0.366 e. The van der Waals surface area contributed by atoms with Gasteiger partial charge in [-0.05, 0) is 29.3 Å². The van der Waals surface area contributed by atoms with Crippen molar-refractivity contribution in [3.8, 4) is 10.4 Å². The van der Waals surface area contributed by atoms with E-state index in [1.807, 2.05) is 30.3 Å². The number of primary amides is 1. The third-order valence-electron chi connectivity index (χ3n) is 4.09. The molecular weight excluding hydrogens is 344 g/mol. The van der Waals surface area contributed by atoms with Crippen LogP contribution in [-0.4, -0.2) is 15.9 Å². The van der Waals surface area contributed by atoms with Crippen molar-refractivity contribution in [3.05, 3.63) is 78.1 Å². The number of anilines is 1. The number of hydrogen-bond donors (Lipinski definition) is 2. The molecule has 128 valence electrons. The van der Waals surface area contributed by atoms with E-state index >= 15 is 0 Å². The molecule has 0 saturated heterocycles. The van der Waals surface area contributed by atoms with Gasteiger partial charge in [0.05, 0.1) is 5.39 Å². The van der Waals surface area contributed by atoms with Crippen molar-refractivity contribution in [1.29, 1.82) is 0 Å². The minimum absolute atomic E-state index is 0.422. The quantitative estimate of drug-likeness (QED) is 0.562. The maximum Gasteiger partial charge on any atom is 0.248 e. The highest BCUT2D eigenvalue weighted by Gasteiger charge is 2.10. The van der Waals surface area contributed by atoms with Crippen molar-refractivity contribution in [2.45, 2.75) is 6.54 Å². The van der Waals surface area contributed by atoms with Gasteiger partial charge in [-0.15, -0.1) is 11.3 Å². The van der Waals surface area contributed by atoms with E-state index < -0.39 is 5.91 Å². The molecule has 26 heavy (non-hydrogen) atoms. The van der Waals surface area contributed by atoms with Crippen LogP contribution in [0.15, 0.2) is 67.0 Å². The molecule has 0 aliphatic heterocycles. The summed E-state index contributed by atoms with van der Waals surface area (Å²) in [5.41, 5.74) is 7.99. The maximum absolute atomic E-state index is 11.1. The molecule has 0 atom stereocenters. The van der Waals surface area contributed by atoms with Crippen molar-refractivity contribution in [3.63, 3.8) is 0 Å². The molecule has 0 spiro atoms. The highest BCUT2D eigenvalue weighted by Crippen LogP contribution is 2.34. The molecule has 3 N–H and O–H groups in total. The van der Waals surface area contributed by atoms with E-state index in [4.69, 9.17) is 5.73 Å². The molecule has 0 fully saturated rings. The number of hydrogen-bond acceptors (Lipinski definition) is 5. The monoisotopic (exact) mass is 360 g/mol. The summed E-state index contributed by atoms with van der Waals surface area (Å²) in [5, 5.41) is 4.36. The number of rotatable bonds is 5. The predicted molar refractivity (Wildman–Crippen MR) is 105 cm³/mol. The summed E-state index contributed by atoms with van der Waals surface area (Å²) < 4.78 is 0. The third kappa shape index (κ3) is 3.27. The molecule has 6 heteroatoms. The van der Waals surface area contributed by atoms with E-state index in [0.717, 1.165) is 26.5 Å². The number of benzene rings is 2. The molecule has 1 amide bonds. The highest BCUT2D eigenvalue weighted by atomic mass is 32.1. The molecule has 0 radical (unpaired) electrons. The van der Waals surface area contributed by atoms with E-state index in [-0.39, 0.29) is 0 Å². The van der Waals surface area contributed by atoms with Crippen molar-refractivity contribution in [2.75, 3.05) is 5.32 Å². The van der Waals surface area contributed by atoms with E-state index in [1.165, 1.54) is 5.56 Å². The summed E-state index contributed by atoms with van der Waals surface area (Å²) in [6.07, 6.45) is 1.58.